The zero-order chi connectivity index (χ0) is 22.0. The van der Waals surface area contributed by atoms with E-state index >= 15 is 0 Å². The Kier molecular flexibility index (Phi) is 5.77. The quantitative estimate of drug-likeness (QED) is 0.359. The molecular formula is C24H18BrNO5. The Morgan fingerprint density at radius 3 is 2.45 bits per heavy atom. The Labute approximate surface area is 186 Å². The first-order valence-electron chi connectivity index (χ1n) is 9.37. The second-order valence-corrected chi connectivity index (χ2v) is 7.52. The lowest BCUT2D eigenvalue weighted by Crippen LogP contribution is -2.14. The van der Waals surface area contributed by atoms with Gasteiger partial charge in [-0.2, -0.15) is 0 Å². The molecule has 1 heterocycles. The average molecular weight is 480 g/mol. The van der Waals surface area contributed by atoms with Crippen molar-refractivity contribution in [3.8, 4) is 11.5 Å². The molecule has 4 rings (SSSR count). The number of hydrogen-bond donors (Lipinski definition) is 1. The zero-order valence-corrected chi connectivity index (χ0v) is 18.4. The van der Waals surface area contributed by atoms with Crippen LogP contribution >= 0.6 is 15.9 Å². The number of furan rings is 1. The summed E-state index contributed by atoms with van der Waals surface area (Å²) < 4.78 is 16.9. The highest BCUT2D eigenvalue weighted by Crippen LogP contribution is 2.34. The van der Waals surface area contributed by atoms with Crippen LogP contribution in [-0.2, 0) is 0 Å². The van der Waals surface area contributed by atoms with Crippen molar-refractivity contribution in [2.24, 2.45) is 0 Å². The average Bonchev–Trinajstić information content (AvgIpc) is 3.16. The topological polar surface area (TPSA) is 77.8 Å². The van der Waals surface area contributed by atoms with E-state index in [1.807, 2.05) is 6.07 Å². The molecular weight excluding hydrogens is 462 g/mol. The molecule has 0 atom stereocenters. The van der Waals surface area contributed by atoms with Crippen LogP contribution in [0.2, 0.25) is 0 Å². The van der Waals surface area contributed by atoms with Crippen molar-refractivity contribution in [1.82, 2.24) is 0 Å². The number of para-hydroxylation sites is 1. The maximum Gasteiger partial charge on any atom is 0.255 e. The van der Waals surface area contributed by atoms with E-state index in [2.05, 4.69) is 21.2 Å². The molecule has 3 aromatic carbocycles. The molecule has 0 fully saturated rings. The Morgan fingerprint density at radius 1 is 0.903 bits per heavy atom. The van der Waals surface area contributed by atoms with Gasteiger partial charge in [-0.1, -0.05) is 18.2 Å². The molecule has 6 nitrogen and oxygen atoms in total. The summed E-state index contributed by atoms with van der Waals surface area (Å²) in [6.45, 7) is 0. The number of fused-ring (bicyclic) bond motifs is 1. The number of amides is 1. The van der Waals surface area contributed by atoms with Crippen LogP contribution in [0.15, 0.2) is 75.6 Å². The van der Waals surface area contributed by atoms with Crippen molar-refractivity contribution < 1.29 is 23.5 Å². The van der Waals surface area contributed by atoms with Crippen LogP contribution in [0.25, 0.3) is 11.0 Å². The van der Waals surface area contributed by atoms with Crippen molar-refractivity contribution in [2.45, 2.75) is 0 Å². The predicted molar refractivity (Wildman–Crippen MR) is 121 cm³/mol. The lowest BCUT2D eigenvalue weighted by atomic mass is 10.1. The summed E-state index contributed by atoms with van der Waals surface area (Å²) in [4.78, 5) is 26.2. The molecule has 31 heavy (non-hydrogen) atoms. The summed E-state index contributed by atoms with van der Waals surface area (Å²) in [5.74, 6) is 0.474. The second kappa shape index (κ2) is 8.65. The molecule has 1 N–H and O–H groups in total. The van der Waals surface area contributed by atoms with Crippen molar-refractivity contribution >= 4 is 44.3 Å². The third-order valence-corrected chi connectivity index (χ3v) is 5.41. The van der Waals surface area contributed by atoms with Gasteiger partial charge in [-0.15, -0.1) is 0 Å². The zero-order valence-electron chi connectivity index (χ0n) is 16.8. The Hall–Kier alpha value is -3.58. The van der Waals surface area contributed by atoms with Crippen LogP contribution in [0, 0.1) is 0 Å². The molecule has 4 aromatic rings. The first kappa shape index (κ1) is 20.7. The molecule has 1 amide bonds. The summed E-state index contributed by atoms with van der Waals surface area (Å²) in [6.07, 6.45) is 0. The molecule has 0 spiro atoms. The number of carbonyl (C=O) groups excluding carboxylic acids is 2. The van der Waals surface area contributed by atoms with Gasteiger partial charge in [0, 0.05) is 16.5 Å². The molecule has 1 aromatic heterocycles. The van der Waals surface area contributed by atoms with Gasteiger partial charge in [0.15, 0.2) is 5.76 Å². The number of methoxy groups -OCH3 is 2. The number of anilines is 1. The molecule has 156 valence electrons. The smallest absolute Gasteiger partial charge is 0.255 e. The number of ether oxygens (including phenoxy) is 2. The minimum Gasteiger partial charge on any atom is -0.497 e. The third-order valence-electron chi connectivity index (χ3n) is 4.79. The predicted octanol–water partition coefficient (Wildman–Crippen LogP) is 5.70. The van der Waals surface area contributed by atoms with Gasteiger partial charge >= 0.3 is 0 Å². The third kappa shape index (κ3) is 4.04. The fraction of sp³-hybridized carbons (Fsp3) is 0.0833. The van der Waals surface area contributed by atoms with E-state index in [0.717, 1.165) is 0 Å². The largest absolute Gasteiger partial charge is 0.497 e. The Balaban J connectivity index is 1.76. The van der Waals surface area contributed by atoms with Crippen molar-refractivity contribution in [3.63, 3.8) is 0 Å². The molecule has 0 aliphatic carbocycles. The summed E-state index contributed by atoms with van der Waals surface area (Å²) >= 11 is 3.40. The van der Waals surface area contributed by atoms with Gasteiger partial charge in [-0.05, 0) is 64.5 Å². The number of hydrogen-bond acceptors (Lipinski definition) is 5. The van der Waals surface area contributed by atoms with Crippen LogP contribution in [-0.4, -0.2) is 25.9 Å². The van der Waals surface area contributed by atoms with Gasteiger partial charge in [-0.25, -0.2) is 0 Å². The molecule has 0 unspecified atom stereocenters. The van der Waals surface area contributed by atoms with Crippen LogP contribution in [0.4, 0.5) is 5.69 Å². The highest BCUT2D eigenvalue weighted by atomic mass is 79.9. The van der Waals surface area contributed by atoms with Crippen molar-refractivity contribution in [3.05, 3.63) is 88.1 Å². The summed E-state index contributed by atoms with van der Waals surface area (Å²) in [5, 5.41) is 3.48. The lowest BCUT2D eigenvalue weighted by Gasteiger charge is -2.08. The molecule has 0 saturated heterocycles. The number of nitrogens with one attached hydrogen (secondary N) is 1. The first-order valence-corrected chi connectivity index (χ1v) is 10.2. The maximum atomic E-state index is 13.3. The monoisotopic (exact) mass is 479 g/mol. The molecule has 0 bridgehead atoms. The fourth-order valence-electron chi connectivity index (χ4n) is 3.22. The van der Waals surface area contributed by atoms with Gasteiger partial charge in [0.2, 0.25) is 5.78 Å². The van der Waals surface area contributed by atoms with Gasteiger partial charge < -0.3 is 19.2 Å². The minimum absolute atomic E-state index is 0.0505. The Morgan fingerprint density at radius 2 is 1.71 bits per heavy atom. The van der Waals surface area contributed by atoms with Gasteiger partial charge in [-0.3, -0.25) is 9.59 Å². The van der Waals surface area contributed by atoms with E-state index in [4.69, 9.17) is 13.9 Å². The second-order valence-electron chi connectivity index (χ2n) is 6.67. The normalized spacial score (nSPS) is 10.7. The van der Waals surface area contributed by atoms with E-state index in [0.29, 0.717) is 43.8 Å². The van der Waals surface area contributed by atoms with Crippen LogP contribution in [0.3, 0.4) is 0 Å². The van der Waals surface area contributed by atoms with E-state index in [1.165, 1.54) is 7.11 Å². The van der Waals surface area contributed by atoms with Crippen LogP contribution in [0.1, 0.15) is 26.5 Å². The number of carbonyl (C=O) groups is 2. The van der Waals surface area contributed by atoms with Crippen LogP contribution in [0.5, 0.6) is 11.5 Å². The first-order chi connectivity index (χ1) is 15.0. The van der Waals surface area contributed by atoms with Crippen molar-refractivity contribution in [1.29, 1.82) is 0 Å². The SMILES string of the molecule is COc1cccc(C(=O)Nc2c(C(=O)c3ccc(OC)c(Br)c3)oc3ccccc23)c1. The molecule has 0 aliphatic heterocycles. The molecule has 0 saturated carbocycles. The molecule has 0 radical (unpaired) electrons. The van der Waals surface area contributed by atoms with E-state index in [-0.39, 0.29) is 17.5 Å². The maximum absolute atomic E-state index is 13.3. The highest BCUT2D eigenvalue weighted by molar-refractivity contribution is 9.10. The number of halogens is 1. The minimum atomic E-state index is -0.379. The van der Waals surface area contributed by atoms with E-state index < -0.39 is 0 Å². The lowest BCUT2D eigenvalue weighted by molar-refractivity contribution is 0.101. The van der Waals surface area contributed by atoms with Gasteiger partial charge in [0.1, 0.15) is 17.1 Å². The van der Waals surface area contributed by atoms with Gasteiger partial charge in [0.25, 0.3) is 5.91 Å². The summed E-state index contributed by atoms with van der Waals surface area (Å²) in [5.41, 5.74) is 1.61. The Bertz CT molecular complexity index is 1290. The van der Waals surface area contributed by atoms with Gasteiger partial charge in [0.05, 0.1) is 24.4 Å². The van der Waals surface area contributed by atoms with E-state index in [1.54, 1.807) is 67.8 Å². The standard InChI is InChI=1S/C24H18BrNO5/c1-29-16-7-5-6-15(12-16)24(28)26-21-17-8-3-4-9-19(17)31-23(21)22(27)14-10-11-20(30-2)18(25)13-14/h3-13H,1-2H3,(H,26,28). The van der Waals surface area contributed by atoms with E-state index in [9.17, 15) is 9.59 Å². The summed E-state index contributed by atoms with van der Waals surface area (Å²) in [7, 11) is 3.08. The molecule has 0 aliphatic rings. The number of rotatable bonds is 6. The van der Waals surface area contributed by atoms with Crippen molar-refractivity contribution in [2.75, 3.05) is 19.5 Å². The van der Waals surface area contributed by atoms with Crippen LogP contribution < -0.4 is 14.8 Å². The number of ketones is 1. The fourth-order valence-corrected chi connectivity index (χ4v) is 3.76. The number of benzene rings is 3. The summed E-state index contributed by atoms with van der Waals surface area (Å²) in [6, 6.07) is 18.9. The molecule has 7 heteroatoms. The highest BCUT2D eigenvalue weighted by Gasteiger charge is 2.24.